The summed E-state index contributed by atoms with van der Waals surface area (Å²) < 4.78 is 10.3. The van der Waals surface area contributed by atoms with Crippen molar-refractivity contribution in [3.8, 4) is 11.5 Å². The van der Waals surface area contributed by atoms with Crippen LogP contribution in [0.3, 0.4) is 0 Å². The topological polar surface area (TPSA) is 22.4 Å². The van der Waals surface area contributed by atoms with Gasteiger partial charge in [-0.2, -0.15) is 0 Å². The van der Waals surface area contributed by atoms with Gasteiger partial charge in [0.25, 0.3) is 0 Å². The average molecular weight is 159 g/mol. The molecule has 12 heavy (non-hydrogen) atoms. The first-order valence-corrected chi connectivity index (χ1v) is 3.61. The predicted molar refractivity (Wildman–Crippen MR) is 44.1 cm³/mol. The Morgan fingerprint density at radius 1 is 1.08 bits per heavy atom. The van der Waals surface area contributed by atoms with Gasteiger partial charge < -0.3 is 9.15 Å². The fourth-order valence-corrected chi connectivity index (χ4v) is 0.886. The Kier molecular flexibility index (Phi) is 1.82. The van der Waals surface area contributed by atoms with Crippen LogP contribution >= 0.6 is 0 Å². The lowest BCUT2D eigenvalue weighted by Crippen LogP contribution is -1.79. The van der Waals surface area contributed by atoms with Crippen molar-refractivity contribution in [1.29, 1.82) is 0 Å². The van der Waals surface area contributed by atoms with Crippen molar-refractivity contribution in [2.24, 2.45) is 0 Å². The molecule has 2 heteroatoms. The second kappa shape index (κ2) is 3.13. The summed E-state index contributed by atoms with van der Waals surface area (Å²) in [6.45, 7) is 0. The van der Waals surface area contributed by atoms with Gasteiger partial charge in [0.15, 0.2) is 5.75 Å². The van der Waals surface area contributed by atoms with Crippen LogP contribution in [0.25, 0.3) is 0 Å². The number of ether oxygens (including phenoxy) is 1. The van der Waals surface area contributed by atoms with Gasteiger partial charge in [-0.05, 0) is 18.2 Å². The Morgan fingerprint density at radius 3 is 2.58 bits per heavy atom. The van der Waals surface area contributed by atoms with Gasteiger partial charge in [-0.3, -0.25) is 0 Å². The summed E-state index contributed by atoms with van der Waals surface area (Å²) in [7, 11) is 0. The molecule has 0 fully saturated rings. The molecule has 0 N–H and O–H groups in total. The minimum absolute atomic E-state index is 0.709. The molecule has 0 aliphatic heterocycles. The fraction of sp³-hybridized carbons (Fsp3) is 0. The fourth-order valence-electron chi connectivity index (χ4n) is 0.886. The zero-order chi connectivity index (χ0) is 8.23. The molecule has 0 unspecified atom stereocenters. The van der Waals surface area contributed by atoms with Crippen molar-refractivity contribution in [2.75, 3.05) is 0 Å². The molecular weight excluding hydrogens is 152 g/mol. The highest BCUT2D eigenvalue weighted by Gasteiger charge is 1.95. The molecule has 0 spiro atoms. The molecule has 59 valence electrons. The highest BCUT2D eigenvalue weighted by molar-refractivity contribution is 5.27. The molecule has 1 aromatic heterocycles. The average Bonchev–Trinajstić information content (AvgIpc) is 2.59. The first kappa shape index (κ1) is 6.98. The largest absolute Gasteiger partial charge is 0.469 e. The van der Waals surface area contributed by atoms with Crippen molar-refractivity contribution in [2.45, 2.75) is 0 Å². The maximum atomic E-state index is 5.40. The van der Waals surface area contributed by atoms with E-state index in [0.717, 1.165) is 5.75 Å². The summed E-state index contributed by atoms with van der Waals surface area (Å²) in [6, 6.07) is 12.0. The molecule has 0 saturated heterocycles. The summed E-state index contributed by atoms with van der Waals surface area (Å²) in [4.78, 5) is 0. The Labute approximate surface area is 70.4 Å². The van der Waals surface area contributed by atoms with Gasteiger partial charge in [-0.1, -0.05) is 12.1 Å². The van der Waals surface area contributed by atoms with Crippen molar-refractivity contribution >= 4 is 0 Å². The summed E-state index contributed by atoms with van der Waals surface area (Å²) in [5.41, 5.74) is 0. The molecule has 2 aromatic rings. The highest BCUT2D eigenvalue weighted by Crippen LogP contribution is 2.20. The van der Waals surface area contributed by atoms with Crippen LogP contribution in [0, 0.1) is 6.07 Å². The monoisotopic (exact) mass is 159 g/mol. The van der Waals surface area contributed by atoms with Gasteiger partial charge in [0.2, 0.25) is 0 Å². The number of hydrogen-bond donors (Lipinski definition) is 0. The van der Waals surface area contributed by atoms with Crippen LogP contribution in [0.2, 0.25) is 0 Å². The first-order valence-electron chi connectivity index (χ1n) is 3.61. The van der Waals surface area contributed by atoms with Gasteiger partial charge >= 0.3 is 0 Å². The second-order valence-electron chi connectivity index (χ2n) is 2.30. The molecular formula is C10H7O2. The van der Waals surface area contributed by atoms with Crippen LogP contribution in [-0.2, 0) is 0 Å². The molecule has 1 aromatic carbocycles. The SMILES string of the molecule is [c]1ccc(Oc2ccoc2)cc1. The van der Waals surface area contributed by atoms with E-state index in [9.17, 15) is 0 Å². The lowest BCUT2D eigenvalue weighted by atomic mass is 10.3. The van der Waals surface area contributed by atoms with E-state index >= 15 is 0 Å². The Hall–Kier alpha value is -1.70. The van der Waals surface area contributed by atoms with Crippen molar-refractivity contribution in [3.63, 3.8) is 0 Å². The summed E-state index contributed by atoms with van der Waals surface area (Å²) in [6.07, 6.45) is 3.13. The van der Waals surface area contributed by atoms with E-state index in [-0.39, 0.29) is 0 Å². The Balaban J connectivity index is 2.15. The van der Waals surface area contributed by atoms with E-state index in [1.54, 1.807) is 30.7 Å². The molecule has 0 saturated carbocycles. The van der Waals surface area contributed by atoms with Crippen LogP contribution in [0.1, 0.15) is 0 Å². The van der Waals surface area contributed by atoms with Gasteiger partial charge in [0.1, 0.15) is 12.0 Å². The van der Waals surface area contributed by atoms with Crippen LogP contribution < -0.4 is 4.74 Å². The van der Waals surface area contributed by atoms with Crippen molar-refractivity contribution < 1.29 is 9.15 Å². The number of hydrogen-bond acceptors (Lipinski definition) is 2. The predicted octanol–water partition coefficient (Wildman–Crippen LogP) is 2.87. The van der Waals surface area contributed by atoms with Gasteiger partial charge in [0.05, 0.1) is 6.26 Å². The third-order valence-electron chi connectivity index (χ3n) is 1.42. The van der Waals surface area contributed by atoms with Crippen molar-refractivity contribution in [3.05, 3.63) is 48.9 Å². The molecule has 0 aliphatic rings. The number of rotatable bonds is 2. The van der Waals surface area contributed by atoms with E-state index in [1.807, 2.05) is 12.1 Å². The lowest BCUT2D eigenvalue weighted by Gasteiger charge is -1.99. The third kappa shape index (κ3) is 1.48. The Bertz CT molecular complexity index is 324. The van der Waals surface area contributed by atoms with Gasteiger partial charge in [-0.25, -0.2) is 0 Å². The third-order valence-corrected chi connectivity index (χ3v) is 1.42. The molecule has 2 nitrogen and oxygen atoms in total. The van der Waals surface area contributed by atoms with E-state index in [1.165, 1.54) is 0 Å². The van der Waals surface area contributed by atoms with Gasteiger partial charge in [0, 0.05) is 6.07 Å². The maximum Gasteiger partial charge on any atom is 0.165 e. The van der Waals surface area contributed by atoms with E-state index in [0.29, 0.717) is 5.75 Å². The van der Waals surface area contributed by atoms with Crippen molar-refractivity contribution in [1.82, 2.24) is 0 Å². The van der Waals surface area contributed by atoms with Gasteiger partial charge in [-0.15, -0.1) is 0 Å². The molecule has 2 rings (SSSR count). The quantitative estimate of drug-likeness (QED) is 0.672. The zero-order valence-corrected chi connectivity index (χ0v) is 6.36. The summed E-state index contributed by atoms with van der Waals surface area (Å²) in [5.74, 6) is 1.50. The van der Waals surface area contributed by atoms with Crippen LogP contribution in [0.15, 0.2) is 47.3 Å². The standard InChI is InChI=1S/C10H7O2/c1-2-4-9(5-3-1)12-10-6-7-11-8-10/h2-8H. The smallest absolute Gasteiger partial charge is 0.165 e. The molecule has 0 atom stereocenters. The summed E-state index contributed by atoms with van der Waals surface area (Å²) in [5, 5.41) is 0. The highest BCUT2D eigenvalue weighted by atomic mass is 16.5. The van der Waals surface area contributed by atoms with E-state index in [4.69, 9.17) is 9.15 Å². The van der Waals surface area contributed by atoms with E-state index in [2.05, 4.69) is 6.07 Å². The minimum atomic E-state index is 0.709. The van der Waals surface area contributed by atoms with Crippen LogP contribution in [0.4, 0.5) is 0 Å². The maximum absolute atomic E-state index is 5.40. The normalized spacial score (nSPS) is 9.67. The molecule has 0 aliphatic carbocycles. The lowest BCUT2D eigenvalue weighted by molar-refractivity contribution is 0.466. The minimum Gasteiger partial charge on any atom is -0.469 e. The zero-order valence-electron chi connectivity index (χ0n) is 6.36. The molecule has 1 heterocycles. The molecule has 0 amide bonds. The molecule has 0 bridgehead atoms. The Morgan fingerprint density at radius 2 is 1.92 bits per heavy atom. The van der Waals surface area contributed by atoms with E-state index < -0.39 is 0 Å². The number of benzene rings is 1. The summed E-state index contributed by atoms with van der Waals surface area (Å²) >= 11 is 0. The van der Waals surface area contributed by atoms with Crippen LogP contribution in [0.5, 0.6) is 11.5 Å². The first-order chi connectivity index (χ1) is 5.95. The molecule has 1 radical (unpaired) electrons. The van der Waals surface area contributed by atoms with Crippen LogP contribution in [-0.4, -0.2) is 0 Å². The number of furan rings is 1. The second-order valence-corrected chi connectivity index (χ2v) is 2.30.